The Morgan fingerprint density at radius 2 is 1.96 bits per heavy atom. The number of amides is 1. The smallest absolute Gasteiger partial charge is 0.232 e. The van der Waals surface area contributed by atoms with Gasteiger partial charge in [-0.05, 0) is 43.4 Å². The zero-order chi connectivity index (χ0) is 19.1. The molecule has 0 saturated carbocycles. The maximum atomic E-state index is 12.3. The second-order valence-corrected chi connectivity index (χ2v) is 8.29. The number of nitrogens with zero attached hydrogens (tertiary/aromatic N) is 1. The van der Waals surface area contributed by atoms with Crippen LogP contribution in [0.15, 0.2) is 28.7 Å². The van der Waals surface area contributed by atoms with Crippen molar-refractivity contribution in [3.05, 3.63) is 41.3 Å². The highest BCUT2D eigenvalue weighted by Gasteiger charge is 2.16. The Bertz CT molecular complexity index is 751. The van der Waals surface area contributed by atoms with E-state index in [1.165, 1.54) is 5.56 Å². The van der Waals surface area contributed by atoms with E-state index >= 15 is 0 Å². The lowest BCUT2D eigenvalue weighted by atomic mass is 10.1. The lowest BCUT2D eigenvalue weighted by molar-refractivity contribution is -0.118. The minimum Gasteiger partial charge on any atom is -0.441 e. The number of rotatable bonds is 9. The predicted molar refractivity (Wildman–Crippen MR) is 105 cm³/mol. The maximum absolute atomic E-state index is 12.3. The van der Waals surface area contributed by atoms with E-state index in [2.05, 4.69) is 31.1 Å². The second-order valence-electron chi connectivity index (χ2n) is 6.83. The van der Waals surface area contributed by atoms with Crippen molar-refractivity contribution in [2.45, 2.75) is 46.3 Å². The summed E-state index contributed by atoms with van der Waals surface area (Å²) in [6.45, 7) is 8.74. The molecular formula is C20H28N2O3S. The summed E-state index contributed by atoms with van der Waals surface area (Å²) in [5, 5.41) is 2.81. The fourth-order valence-corrected chi connectivity index (χ4v) is 3.54. The van der Waals surface area contributed by atoms with Crippen molar-refractivity contribution in [1.29, 1.82) is 0 Å². The number of carbonyl (C=O) groups excluding carboxylic acids is 1. The van der Waals surface area contributed by atoms with Crippen LogP contribution in [0.25, 0.3) is 11.5 Å². The van der Waals surface area contributed by atoms with Crippen molar-refractivity contribution in [2.75, 3.05) is 12.3 Å². The maximum Gasteiger partial charge on any atom is 0.232 e. The summed E-state index contributed by atoms with van der Waals surface area (Å²) in [6.07, 6.45) is 1.90. The topological polar surface area (TPSA) is 72.2 Å². The average Bonchev–Trinajstić information content (AvgIpc) is 2.95. The van der Waals surface area contributed by atoms with Crippen molar-refractivity contribution in [3.8, 4) is 11.5 Å². The molecule has 26 heavy (non-hydrogen) atoms. The van der Waals surface area contributed by atoms with Crippen molar-refractivity contribution in [2.24, 2.45) is 5.92 Å². The van der Waals surface area contributed by atoms with Gasteiger partial charge in [0.05, 0.1) is 11.4 Å². The third-order valence-corrected chi connectivity index (χ3v) is 5.32. The molecule has 1 heterocycles. The number of hydrogen-bond donors (Lipinski definition) is 1. The van der Waals surface area contributed by atoms with Gasteiger partial charge in [0.15, 0.2) is 0 Å². The first kappa shape index (κ1) is 20.4. The van der Waals surface area contributed by atoms with Crippen molar-refractivity contribution < 1.29 is 13.4 Å². The molecule has 0 bridgehead atoms. The van der Waals surface area contributed by atoms with Crippen LogP contribution >= 0.6 is 0 Å². The highest BCUT2D eigenvalue weighted by molar-refractivity contribution is 7.84. The molecule has 0 spiro atoms. The molecule has 2 aromatic rings. The van der Waals surface area contributed by atoms with Crippen molar-refractivity contribution in [1.82, 2.24) is 10.3 Å². The van der Waals surface area contributed by atoms with Gasteiger partial charge >= 0.3 is 0 Å². The van der Waals surface area contributed by atoms with E-state index in [0.29, 0.717) is 29.8 Å². The molecule has 1 aromatic heterocycles. The van der Waals surface area contributed by atoms with Gasteiger partial charge in [-0.3, -0.25) is 9.00 Å². The first-order valence-corrected chi connectivity index (χ1v) is 10.5. The van der Waals surface area contributed by atoms with Gasteiger partial charge in [0, 0.05) is 22.9 Å². The molecule has 2 rings (SSSR count). The van der Waals surface area contributed by atoms with Gasteiger partial charge in [-0.1, -0.05) is 32.9 Å². The summed E-state index contributed by atoms with van der Waals surface area (Å²) in [6, 6.07) is 8.06. The van der Waals surface area contributed by atoms with Gasteiger partial charge < -0.3 is 9.73 Å². The van der Waals surface area contributed by atoms with Gasteiger partial charge in [-0.15, -0.1) is 0 Å². The number of nitrogens with one attached hydrogen (secondary N) is 1. The number of oxazole rings is 1. The third kappa shape index (κ3) is 6.09. The Balaban J connectivity index is 1.93. The lowest BCUT2D eigenvalue weighted by Crippen LogP contribution is -2.30. The first-order chi connectivity index (χ1) is 12.4. The van der Waals surface area contributed by atoms with Gasteiger partial charge in [0.1, 0.15) is 11.5 Å². The predicted octanol–water partition coefficient (Wildman–Crippen LogP) is 3.62. The number of carbonyl (C=O) groups is 1. The van der Waals surface area contributed by atoms with Crippen LogP contribution in [-0.2, 0) is 27.8 Å². The Labute approximate surface area is 158 Å². The normalized spacial score (nSPS) is 12.3. The van der Waals surface area contributed by atoms with E-state index < -0.39 is 10.8 Å². The van der Waals surface area contributed by atoms with E-state index in [1.54, 1.807) is 0 Å². The molecule has 0 aliphatic carbocycles. The quantitative estimate of drug-likeness (QED) is 0.725. The van der Waals surface area contributed by atoms with E-state index in [9.17, 15) is 9.00 Å². The van der Waals surface area contributed by atoms with Crippen LogP contribution in [0.4, 0.5) is 0 Å². The van der Waals surface area contributed by atoms with Crippen molar-refractivity contribution in [3.63, 3.8) is 0 Å². The summed E-state index contributed by atoms with van der Waals surface area (Å²) in [7, 11) is -1.31. The molecule has 1 amide bonds. The van der Waals surface area contributed by atoms with Gasteiger partial charge in [-0.2, -0.15) is 0 Å². The monoisotopic (exact) mass is 376 g/mol. The highest BCUT2D eigenvalue weighted by atomic mass is 32.2. The van der Waals surface area contributed by atoms with Crippen LogP contribution in [0, 0.1) is 12.8 Å². The van der Waals surface area contributed by atoms with E-state index in [1.807, 2.05) is 31.2 Å². The fourth-order valence-electron chi connectivity index (χ4n) is 2.47. The molecule has 5 nitrogen and oxygen atoms in total. The molecular weight excluding hydrogens is 348 g/mol. The zero-order valence-electron chi connectivity index (χ0n) is 16.0. The molecule has 142 valence electrons. The minimum absolute atomic E-state index is 0.00900. The van der Waals surface area contributed by atoms with Crippen LogP contribution in [0.5, 0.6) is 0 Å². The molecule has 0 radical (unpaired) electrons. The SMILES string of the molecule is CCc1ccc(-c2nc(C[S@](=O)CC(=O)NCCC(C)C)c(C)o2)cc1. The highest BCUT2D eigenvalue weighted by Crippen LogP contribution is 2.23. The van der Waals surface area contributed by atoms with Crippen LogP contribution < -0.4 is 5.32 Å². The molecule has 0 aliphatic rings. The standard InChI is InChI=1S/C20H28N2O3S/c1-5-16-6-8-17(9-7-16)20-22-18(15(4)25-20)12-26(24)13-19(23)21-11-10-14(2)3/h6-9,14H,5,10-13H2,1-4H3,(H,21,23)/t26-/m0/s1. The molecule has 1 N–H and O–H groups in total. The van der Waals surface area contributed by atoms with E-state index in [4.69, 9.17) is 4.42 Å². The third-order valence-electron chi connectivity index (χ3n) is 4.14. The summed E-state index contributed by atoms with van der Waals surface area (Å²) >= 11 is 0. The Hall–Kier alpha value is -1.95. The van der Waals surface area contributed by atoms with Crippen LogP contribution in [0.1, 0.15) is 44.2 Å². The summed E-state index contributed by atoms with van der Waals surface area (Å²) in [4.78, 5) is 16.3. The van der Waals surface area contributed by atoms with Gasteiger partial charge in [-0.25, -0.2) is 4.98 Å². The molecule has 6 heteroatoms. The molecule has 1 aromatic carbocycles. The van der Waals surface area contributed by atoms with Crippen LogP contribution in [-0.4, -0.2) is 27.4 Å². The number of hydrogen-bond acceptors (Lipinski definition) is 4. The molecule has 0 aliphatic heterocycles. The Morgan fingerprint density at radius 1 is 1.27 bits per heavy atom. The largest absolute Gasteiger partial charge is 0.441 e. The number of benzene rings is 1. The van der Waals surface area contributed by atoms with Crippen LogP contribution in [0.2, 0.25) is 0 Å². The van der Waals surface area contributed by atoms with E-state index in [0.717, 1.165) is 18.4 Å². The molecule has 0 unspecified atom stereocenters. The van der Waals surface area contributed by atoms with Crippen molar-refractivity contribution >= 4 is 16.7 Å². The van der Waals surface area contributed by atoms with Gasteiger partial charge in [0.2, 0.25) is 11.8 Å². The van der Waals surface area contributed by atoms with E-state index in [-0.39, 0.29) is 17.4 Å². The zero-order valence-corrected chi connectivity index (χ0v) is 16.8. The average molecular weight is 377 g/mol. The Morgan fingerprint density at radius 3 is 2.58 bits per heavy atom. The first-order valence-electron chi connectivity index (χ1n) is 9.06. The molecule has 1 atom stereocenters. The van der Waals surface area contributed by atoms with Gasteiger partial charge in [0.25, 0.3) is 0 Å². The van der Waals surface area contributed by atoms with Crippen LogP contribution in [0.3, 0.4) is 0 Å². The molecule has 0 saturated heterocycles. The molecule has 0 fully saturated rings. The Kier molecular flexibility index (Phi) is 7.57. The summed E-state index contributed by atoms with van der Waals surface area (Å²) < 4.78 is 18.0. The summed E-state index contributed by atoms with van der Waals surface area (Å²) in [5.74, 6) is 1.74. The number of aromatic nitrogens is 1. The summed E-state index contributed by atoms with van der Waals surface area (Å²) in [5.41, 5.74) is 2.79. The number of aryl methyl sites for hydroxylation is 2. The minimum atomic E-state index is -1.31. The fraction of sp³-hybridized carbons (Fsp3) is 0.500. The second kappa shape index (κ2) is 9.67. The lowest BCUT2D eigenvalue weighted by Gasteiger charge is -2.06.